The van der Waals surface area contributed by atoms with Crippen LogP contribution < -0.4 is 5.32 Å². The number of esters is 1. The third kappa shape index (κ3) is 3.06. The van der Waals surface area contributed by atoms with Gasteiger partial charge in [-0.1, -0.05) is 60.1 Å². The summed E-state index contributed by atoms with van der Waals surface area (Å²) in [7, 11) is 0. The molecule has 1 aliphatic heterocycles. The Morgan fingerprint density at radius 1 is 1.07 bits per heavy atom. The third-order valence-corrected chi connectivity index (χ3v) is 5.68. The van der Waals surface area contributed by atoms with Gasteiger partial charge in [0.15, 0.2) is 0 Å². The van der Waals surface area contributed by atoms with Crippen LogP contribution >= 0.6 is 11.6 Å². The number of ether oxygens (including phenoxy) is 1. The number of hydrogen-bond acceptors (Lipinski definition) is 3. The van der Waals surface area contributed by atoms with Crippen molar-refractivity contribution < 1.29 is 9.53 Å². The largest absolute Gasteiger partial charge is 0.462 e. The second-order valence-electron chi connectivity index (χ2n) is 7.09. The van der Waals surface area contributed by atoms with Gasteiger partial charge >= 0.3 is 5.97 Å². The lowest BCUT2D eigenvalue weighted by molar-refractivity contribution is 0.0526. The van der Waals surface area contributed by atoms with Crippen molar-refractivity contribution in [2.75, 3.05) is 11.9 Å². The van der Waals surface area contributed by atoms with Gasteiger partial charge in [0.1, 0.15) is 0 Å². The van der Waals surface area contributed by atoms with E-state index in [2.05, 4.69) is 48.6 Å². The summed E-state index contributed by atoms with van der Waals surface area (Å²) in [6, 6.07) is 22.1. The lowest BCUT2D eigenvalue weighted by atomic mass is 9.78. The van der Waals surface area contributed by atoms with E-state index in [1.54, 1.807) is 19.1 Å². The van der Waals surface area contributed by atoms with Gasteiger partial charge in [0.25, 0.3) is 0 Å². The van der Waals surface area contributed by atoms with E-state index in [4.69, 9.17) is 16.3 Å². The van der Waals surface area contributed by atoms with Crippen LogP contribution in [0.2, 0.25) is 5.02 Å². The number of nitrogens with one attached hydrogen (secondary N) is 1. The molecule has 1 N–H and O–H groups in total. The molecule has 28 heavy (non-hydrogen) atoms. The quantitative estimate of drug-likeness (QED) is 0.576. The summed E-state index contributed by atoms with van der Waals surface area (Å²) >= 11 is 6.74. The molecule has 0 spiro atoms. The molecule has 0 radical (unpaired) electrons. The number of aryl methyl sites for hydroxylation is 1. The van der Waals surface area contributed by atoms with Crippen molar-refractivity contribution in [3.05, 3.63) is 99.6 Å². The van der Waals surface area contributed by atoms with Crippen molar-refractivity contribution in [1.82, 2.24) is 0 Å². The summed E-state index contributed by atoms with van der Waals surface area (Å²) in [4.78, 5) is 12.1. The van der Waals surface area contributed by atoms with Crippen LogP contribution in [0, 0.1) is 6.92 Å². The van der Waals surface area contributed by atoms with Crippen molar-refractivity contribution in [2.45, 2.75) is 25.8 Å². The van der Waals surface area contributed by atoms with E-state index in [-0.39, 0.29) is 5.97 Å². The number of fused-ring (bicyclic) bond motifs is 1. The van der Waals surface area contributed by atoms with E-state index >= 15 is 0 Å². The zero-order valence-electron chi connectivity index (χ0n) is 16.0. The predicted molar refractivity (Wildman–Crippen MR) is 113 cm³/mol. The van der Waals surface area contributed by atoms with Crippen LogP contribution in [0.5, 0.6) is 0 Å². The molecule has 0 amide bonds. The molecular weight excluding hydrogens is 370 g/mol. The number of carbonyl (C=O) groups excluding carboxylic acids is 1. The van der Waals surface area contributed by atoms with E-state index < -0.39 is 5.54 Å². The highest BCUT2D eigenvalue weighted by Crippen LogP contribution is 2.47. The van der Waals surface area contributed by atoms with Gasteiger partial charge in [-0.05, 0) is 48.7 Å². The van der Waals surface area contributed by atoms with Crippen molar-refractivity contribution >= 4 is 23.3 Å². The SMILES string of the molecule is CCOC(=O)c1ccc(C2(c3ccccc3C)Cc3ccccc3N2)c(Cl)c1. The molecule has 4 rings (SSSR count). The first-order valence-electron chi connectivity index (χ1n) is 9.44. The van der Waals surface area contributed by atoms with Gasteiger partial charge in [-0.2, -0.15) is 0 Å². The topological polar surface area (TPSA) is 38.3 Å². The van der Waals surface area contributed by atoms with E-state index in [9.17, 15) is 4.79 Å². The van der Waals surface area contributed by atoms with E-state index in [1.165, 1.54) is 16.7 Å². The van der Waals surface area contributed by atoms with Crippen molar-refractivity contribution in [2.24, 2.45) is 0 Å². The summed E-state index contributed by atoms with van der Waals surface area (Å²) in [5, 5.41) is 4.29. The van der Waals surface area contributed by atoms with Gasteiger partial charge in [-0.3, -0.25) is 0 Å². The van der Waals surface area contributed by atoms with E-state index in [1.807, 2.05) is 18.2 Å². The molecule has 0 saturated heterocycles. The van der Waals surface area contributed by atoms with Gasteiger partial charge in [0, 0.05) is 22.7 Å². The molecule has 0 aromatic heterocycles. The normalized spacial score (nSPS) is 17.7. The first-order chi connectivity index (χ1) is 13.5. The van der Waals surface area contributed by atoms with Gasteiger partial charge < -0.3 is 10.1 Å². The summed E-state index contributed by atoms with van der Waals surface area (Å²) < 4.78 is 5.11. The highest BCUT2D eigenvalue weighted by molar-refractivity contribution is 6.32. The number of benzene rings is 3. The fourth-order valence-corrected chi connectivity index (χ4v) is 4.42. The average Bonchev–Trinajstić information content (AvgIpc) is 3.08. The summed E-state index contributed by atoms with van der Waals surface area (Å²) in [5.74, 6) is -0.358. The summed E-state index contributed by atoms with van der Waals surface area (Å²) in [6.45, 7) is 4.24. The first kappa shape index (κ1) is 18.6. The highest BCUT2D eigenvalue weighted by Gasteiger charge is 2.42. The Kier molecular flexibility index (Phi) is 4.86. The Morgan fingerprint density at radius 2 is 1.82 bits per heavy atom. The number of halogens is 1. The Bertz CT molecular complexity index is 1020. The Morgan fingerprint density at radius 3 is 2.54 bits per heavy atom. The average molecular weight is 392 g/mol. The summed E-state index contributed by atoms with van der Waals surface area (Å²) in [5.41, 5.74) is 5.65. The van der Waals surface area contributed by atoms with Gasteiger partial charge in [-0.25, -0.2) is 4.79 Å². The van der Waals surface area contributed by atoms with E-state index in [0.29, 0.717) is 17.2 Å². The van der Waals surface area contributed by atoms with E-state index in [0.717, 1.165) is 17.7 Å². The molecule has 1 aliphatic rings. The zero-order valence-corrected chi connectivity index (χ0v) is 16.7. The molecule has 0 saturated carbocycles. The van der Waals surface area contributed by atoms with Crippen molar-refractivity contribution in [1.29, 1.82) is 0 Å². The van der Waals surface area contributed by atoms with Crippen LogP contribution in [0.3, 0.4) is 0 Å². The fraction of sp³-hybridized carbons (Fsp3) is 0.208. The number of carbonyl (C=O) groups is 1. The first-order valence-corrected chi connectivity index (χ1v) is 9.82. The number of anilines is 1. The Labute approximate surface area is 170 Å². The molecule has 1 unspecified atom stereocenters. The molecule has 0 fully saturated rings. The minimum absolute atomic E-state index is 0.336. The molecule has 0 aliphatic carbocycles. The van der Waals surface area contributed by atoms with Crippen molar-refractivity contribution in [3.8, 4) is 0 Å². The Hall–Kier alpha value is -2.78. The van der Waals surface area contributed by atoms with Crippen LogP contribution in [0.15, 0.2) is 66.7 Å². The lowest BCUT2D eigenvalue weighted by Gasteiger charge is -2.34. The number of rotatable bonds is 4. The van der Waals surface area contributed by atoms with Gasteiger partial charge in [0.2, 0.25) is 0 Å². The predicted octanol–water partition coefficient (Wildman–Crippen LogP) is 5.74. The van der Waals surface area contributed by atoms with Gasteiger partial charge in [0.05, 0.1) is 17.7 Å². The smallest absolute Gasteiger partial charge is 0.338 e. The minimum atomic E-state index is -0.487. The monoisotopic (exact) mass is 391 g/mol. The van der Waals surface area contributed by atoms with Crippen LogP contribution in [0.4, 0.5) is 5.69 Å². The second kappa shape index (κ2) is 7.33. The minimum Gasteiger partial charge on any atom is -0.462 e. The lowest BCUT2D eigenvalue weighted by Crippen LogP contribution is -2.35. The molecule has 1 atom stereocenters. The van der Waals surface area contributed by atoms with Crippen LogP contribution in [-0.4, -0.2) is 12.6 Å². The third-order valence-electron chi connectivity index (χ3n) is 5.37. The molecule has 4 heteroatoms. The molecular formula is C24H22ClNO2. The highest BCUT2D eigenvalue weighted by atomic mass is 35.5. The molecule has 3 aromatic rings. The van der Waals surface area contributed by atoms with Crippen LogP contribution in [0.25, 0.3) is 0 Å². The van der Waals surface area contributed by atoms with Gasteiger partial charge in [-0.15, -0.1) is 0 Å². The maximum atomic E-state index is 12.1. The molecule has 0 bridgehead atoms. The Balaban J connectivity index is 1.87. The maximum absolute atomic E-state index is 12.1. The summed E-state index contributed by atoms with van der Waals surface area (Å²) in [6.07, 6.45) is 0.784. The standard InChI is InChI=1S/C24H22ClNO2/c1-3-28-23(27)17-12-13-20(21(25)14-17)24(19-10-6-4-8-16(19)2)15-18-9-5-7-11-22(18)26-24/h4-14,26H,3,15H2,1-2H3. The maximum Gasteiger partial charge on any atom is 0.338 e. The molecule has 3 aromatic carbocycles. The number of hydrogen-bond donors (Lipinski definition) is 1. The second-order valence-corrected chi connectivity index (χ2v) is 7.50. The van der Waals surface area contributed by atoms with Crippen LogP contribution in [-0.2, 0) is 16.7 Å². The number of para-hydroxylation sites is 1. The molecule has 3 nitrogen and oxygen atoms in total. The fourth-order valence-electron chi connectivity index (χ4n) is 4.08. The van der Waals surface area contributed by atoms with Crippen LogP contribution in [0.1, 0.15) is 39.5 Å². The van der Waals surface area contributed by atoms with Crippen molar-refractivity contribution in [3.63, 3.8) is 0 Å². The molecule has 1 heterocycles. The molecule has 142 valence electrons. The zero-order chi connectivity index (χ0) is 19.7.